The van der Waals surface area contributed by atoms with E-state index in [9.17, 15) is 9.59 Å². The van der Waals surface area contributed by atoms with Gasteiger partial charge in [-0.3, -0.25) is 4.79 Å². The minimum absolute atomic E-state index is 0.214. The van der Waals surface area contributed by atoms with Gasteiger partial charge in [0.1, 0.15) is 6.04 Å². The largest absolute Gasteiger partial charge is 0.480 e. The fourth-order valence-electron chi connectivity index (χ4n) is 1.36. The van der Waals surface area contributed by atoms with Gasteiger partial charge < -0.3 is 10.4 Å². The lowest BCUT2D eigenvalue weighted by Gasteiger charge is -2.15. The molecule has 0 bridgehead atoms. The van der Waals surface area contributed by atoms with Crippen LogP contribution in [0.25, 0.3) is 0 Å². The van der Waals surface area contributed by atoms with Gasteiger partial charge in [0, 0.05) is 5.38 Å². The molecule has 0 saturated carbocycles. The average molecular weight is 320 g/mol. The number of carbonyl (C=O) groups excluding carboxylic acids is 1. The van der Waals surface area contributed by atoms with Crippen molar-refractivity contribution in [2.45, 2.75) is 26.3 Å². The third kappa shape index (κ3) is 4.47. The summed E-state index contributed by atoms with van der Waals surface area (Å²) >= 11 is 4.65. The van der Waals surface area contributed by atoms with Gasteiger partial charge in [0.05, 0.1) is 9.35 Å². The first kappa shape index (κ1) is 14.2. The fraction of sp³-hybridized carbons (Fsp3) is 0.455. The maximum atomic E-state index is 11.8. The number of hydrogen-bond donors (Lipinski definition) is 2. The molecule has 0 saturated heterocycles. The quantitative estimate of drug-likeness (QED) is 0.877. The number of rotatable bonds is 5. The molecule has 0 spiro atoms. The van der Waals surface area contributed by atoms with Crippen LogP contribution in [-0.4, -0.2) is 23.0 Å². The molecule has 4 nitrogen and oxygen atoms in total. The van der Waals surface area contributed by atoms with Crippen molar-refractivity contribution in [3.8, 4) is 0 Å². The predicted molar refractivity (Wildman–Crippen MR) is 70.4 cm³/mol. The van der Waals surface area contributed by atoms with Crippen LogP contribution in [0.3, 0.4) is 0 Å². The third-order valence-electron chi connectivity index (χ3n) is 2.14. The molecule has 1 aromatic rings. The Hall–Kier alpha value is -0.880. The second-order valence-electron chi connectivity index (χ2n) is 4.13. The first-order valence-electron chi connectivity index (χ1n) is 5.18. The molecule has 0 fully saturated rings. The molecule has 1 heterocycles. The smallest absolute Gasteiger partial charge is 0.326 e. The summed E-state index contributed by atoms with van der Waals surface area (Å²) in [5, 5.41) is 13.2. The Kier molecular flexibility index (Phi) is 5.14. The molecular weight excluding hydrogens is 306 g/mol. The summed E-state index contributed by atoms with van der Waals surface area (Å²) < 4.78 is 0.846. The van der Waals surface area contributed by atoms with Crippen molar-refractivity contribution < 1.29 is 14.7 Å². The van der Waals surface area contributed by atoms with Crippen molar-refractivity contribution in [3.63, 3.8) is 0 Å². The van der Waals surface area contributed by atoms with Crippen LogP contribution in [0.1, 0.15) is 30.6 Å². The minimum atomic E-state index is -0.999. The van der Waals surface area contributed by atoms with E-state index in [-0.39, 0.29) is 11.8 Å². The number of carboxylic acid groups (broad SMARTS) is 1. The van der Waals surface area contributed by atoms with Crippen molar-refractivity contribution in [1.29, 1.82) is 0 Å². The molecule has 1 aromatic heterocycles. The average Bonchev–Trinajstić information content (AvgIpc) is 2.63. The molecule has 0 aliphatic carbocycles. The molecule has 0 aliphatic heterocycles. The van der Waals surface area contributed by atoms with E-state index in [4.69, 9.17) is 5.11 Å². The van der Waals surface area contributed by atoms with Crippen LogP contribution in [0, 0.1) is 5.92 Å². The van der Waals surface area contributed by atoms with Crippen molar-refractivity contribution in [1.82, 2.24) is 5.32 Å². The Morgan fingerprint density at radius 3 is 2.59 bits per heavy atom. The van der Waals surface area contributed by atoms with Crippen molar-refractivity contribution in [3.05, 3.63) is 20.8 Å². The lowest BCUT2D eigenvalue weighted by molar-refractivity contribution is -0.139. The third-order valence-corrected chi connectivity index (χ3v) is 3.64. The molecule has 1 unspecified atom stereocenters. The zero-order valence-electron chi connectivity index (χ0n) is 9.57. The maximum Gasteiger partial charge on any atom is 0.326 e. The SMILES string of the molecule is CC(C)CC(NC(=O)c1csc(Br)c1)C(=O)O. The normalized spacial score (nSPS) is 12.5. The zero-order chi connectivity index (χ0) is 13.0. The molecule has 0 radical (unpaired) electrons. The number of hydrogen-bond acceptors (Lipinski definition) is 3. The predicted octanol–water partition coefficient (Wildman–Crippen LogP) is 2.74. The highest BCUT2D eigenvalue weighted by molar-refractivity contribution is 9.11. The van der Waals surface area contributed by atoms with Gasteiger partial charge in [-0.2, -0.15) is 0 Å². The summed E-state index contributed by atoms with van der Waals surface area (Å²) in [5.74, 6) is -1.13. The van der Waals surface area contributed by atoms with Gasteiger partial charge in [-0.15, -0.1) is 11.3 Å². The highest BCUT2D eigenvalue weighted by Gasteiger charge is 2.22. The lowest BCUT2D eigenvalue weighted by atomic mass is 10.0. The van der Waals surface area contributed by atoms with Gasteiger partial charge in [0.15, 0.2) is 0 Å². The number of carboxylic acids is 1. The standard InChI is InChI=1S/C11H14BrNO3S/c1-6(2)3-8(11(15)16)13-10(14)7-4-9(12)17-5-7/h4-6,8H,3H2,1-2H3,(H,13,14)(H,15,16). The van der Waals surface area contributed by atoms with Gasteiger partial charge in [-0.1, -0.05) is 13.8 Å². The van der Waals surface area contributed by atoms with E-state index in [1.807, 2.05) is 13.8 Å². The number of carbonyl (C=O) groups is 2. The van der Waals surface area contributed by atoms with E-state index in [2.05, 4.69) is 21.2 Å². The second kappa shape index (κ2) is 6.16. The Labute approximate surface area is 112 Å². The lowest BCUT2D eigenvalue weighted by Crippen LogP contribution is -2.41. The number of halogens is 1. The van der Waals surface area contributed by atoms with E-state index >= 15 is 0 Å². The van der Waals surface area contributed by atoms with Gasteiger partial charge >= 0.3 is 5.97 Å². The molecule has 1 rings (SSSR count). The molecule has 1 atom stereocenters. The topological polar surface area (TPSA) is 66.4 Å². The number of nitrogens with one attached hydrogen (secondary N) is 1. The summed E-state index contributed by atoms with van der Waals surface area (Å²) in [6.45, 7) is 3.84. The number of thiophene rings is 1. The van der Waals surface area contributed by atoms with Gasteiger partial charge in [-0.25, -0.2) is 4.79 Å². The Balaban J connectivity index is 2.67. The van der Waals surface area contributed by atoms with Crippen LogP contribution in [-0.2, 0) is 4.79 Å². The van der Waals surface area contributed by atoms with Gasteiger partial charge in [-0.05, 0) is 34.3 Å². The second-order valence-corrected chi connectivity index (χ2v) is 6.42. The molecule has 17 heavy (non-hydrogen) atoms. The molecule has 6 heteroatoms. The summed E-state index contributed by atoms with van der Waals surface area (Å²) in [6.07, 6.45) is 0.423. The molecule has 94 valence electrons. The first-order valence-corrected chi connectivity index (χ1v) is 6.85. The van der Waals surface area contributed by atoms with Crippen LogP contribution < -0.4 is 5.32 Å². The Bertz CT molecular complexity index is 417. The fourth-order valence-corrected chi connectivity index (χ4v) is 2.50. The Morgan fingerprint density at radius 1 is 1.53 bits per heavy atom. The van der Waals surface area contributed by atoms with Crippen LogP contribution in [0.15, 0.2) is 15.2 Å². The van der Waals surface area contributed by atoms with Crippen molar-refractivity contribution in [2.24, 2.45) is 5.92 Å². The zero-order valence-corrected chi connectivity index (χ0v) is 12.0. The van der Waals surface area contributed by atoms with E-state index in [1.54, 1.807) is 11.4 Å². The van der Waals surface area contributed by atoms with E-state index in [0.717, 1.165) is 3.79 Å². The van der Waals surface area contributed by atoms with Crippen molar-refractivity contribution in [2.75, 3.05) is 0 Å². The van der Waals surface area contributed by atoms with Gasteiger partial charge in [0.25, 0.3) is 5.91 Å². The summed E-state index contributed by atoms with van der Waals surface area (Å²) in [4.78, 5) is 22.8. The van der Waals surface area contributed by atoms with Crippen LogP contribution >= 0.6 is 27.3 Å². The molecule has 0 aromatic carbocycles. The number of amides is 1. The monoisotopic (exact) mass is 319 g/mol. The van der Waals surface area contributed by atoms with E-state index < -0.39 is 12.0 Å². The van der Waals surface area contributed by atoms with E-state index in [0.29, 0.717) is 12.0 Å². The van der Waals surface area contributed by atoms with Crippen LogP contribution in [0.2, 0.25) is 0 Å². The first-order chi connectivity index (χ1) is 7.90. The Morgan fingerprint density at radius 2 is 2.18 bits per heavy atom. The maximum absolute atomic E-state index is 11.8. The van der Waals surface area contributed by atoms with Crippen molar-refractivity contribution >= 4 is 39.1 Å². The molecule has 1 amide bonds. The minimum Gasteiger partial charge on any atom is -0.480 e. The van der Waals surface area contributed by atoms with Crippen LogP contribution in [0.4, 0.5) is 0 Å². The van der Waals surface area contributed by atoms with Crippen LogP contribution in [0.5, 0.6) is 0 Å². The summed E-state index contributed by atoms with van der Waals surface area (Å²) in [5.41, 5.74) is 0.483. The van der Waals surface area contributed by atoms with E-state index in [1.165, 1.54) is 11.3 Å². The highest BCUT2D eigenvalue weighted by atomic mass is 79.9. The summed E-state index contributed by atoms with van der Waals surface area (Å²) in [6, 6.07) is 0.843. The highest BCUT2D eigenvalue weighted by Crippen LogP contribution is 2.20. The molecule has 0 aliphatic rings. The molecular formula is C11H14BrNO3S. The summed E-state index contributed by atoms with van der Waals surface area (Å²) in [7, 11) is 0. The number of aliphatic carboxylic acids is 1. The van der Waals surface area contributed by atoms with Gasteiger partial charge in [0.2, 0.25) is 0 Å². The molecule has 2 N–H and O–H groups in total.